The molecule has 8 N–H and O–H groups in total. The predicted octanol–water partition coefficient (Wildman–Crippen LogP) is 4.05. The molecule has 2 atom stereocenters. The zero-order valence-corrected chi connectivity index (χ0v) is 30.6. The van der Waals surface area contributed by atoms with Gasteiger partial charge in [0, 0.05) is 78.8 Å². The van der Waals surface area contributed by atoms with Gasteiger partial charge in [0.2, 0.25) is 24.6 Å². The fraction of sp³-hybridized carbons (Fsp3) is 0.590. The number of amides is 4. The molecular weight excluding hydrogens is 644 g/mol. The van der Waals surface area contributed by atoms with Crippen molar-refractivity contribution in [3.8, 4) is 0 Å². The summed E-state index contributed by atoms with van der Waals surface area (Å²) in [7, 11) is 0. The Morgan fingerprint density at radius 3 is 1.59 bits per heavy atom. The summed E-state index contributed by atoms with van der Waals surface area (Å²) in [6.07, 6.45) is 17.7. The summed E-state index contributed by atoms with van der Waals surface area (Å²) in [5.74, 6) is 1.39. The van der Waals surface area contributed by atoms with Crippen LogP contribution in [0.1, 0.15) is 90.0 Å². The summed E-state index contributed by atoms with van der Waals surface area (Å²) >= 11 is 0. The van der Waals surface area contributed by atoms with Gasteiger partial charge in [-0.3, -0.25) is 19.2 Å². The van der Waals surface area contributed by atoms with E-state index in [9.17, 15) is 19.2 Å². The molecule has 0 radical (unpaired) electrons. The van der Waals surface area contributed by atoms with Crippen molar-refractivity contribution >= 4 is 36.1 Å². The van der Waals surface area contributed by atoms with Crippen LogP contribution in [0.3, 0.4) is 0 Å². The molecule has 0 spiro atoms. The van der Waals surface area contributed by atoms with Crippen LogP contribution in [-0.2, 0) is 25.6 Å². The number of aryl methyl sites for hydroxylation is 1. The van der Waals surface area contributed by atoms with E-state index in [1.54, 1.807) is 28.9 Å². The van der Waals surface area contributed by atoms with Gasteiger partial charge in [0.15, 0.2) is 0 Å². The SMILES string of the molecule is C/C(N)=C/C(=N)C1CCCC1.C/C(N)=C/C(=N)CCc1ccccc1.O=CN1CCC(NC(=O)C2CC2)C1.O=CN1CCC(NC(=O)C2CC2)C1. The molecule has 3 saturated carbocycles. The molecule has 2 aliphatic heterocycles. The van der Waals surface area contributed by atoms with E-state index in [1.165, 1.54) is 31.2 Å². The Hall–Kier alpha value is -4.48. The molecule has 280 valence electrons. The largest absolute Gasteiger partial charge is 0.402 e. The number of carbonyl (C=O) groups excluding carboxylic acids is 4. The number of nitrogens with one attached hydrogen (secondary N) is 4. The fourth-order valence-corrected chi connectivity index (χ4v) is 6.20. The smallest absolute Gasteiger partial charge is 0.223 e. The lowest BCUT2D eigenvalue weighted by atomic mass is 10.0. The van der Waals surface area contributed by atoms with E-state index in [1.807, 2.05) is 25.1 Å². The number of likely N-dealkylation sites (tertiary alicyclic amines) is 2. The molecular formula is C39H60N8O4. The number of benzene rings is 1. The minimum atomic E-state index is 0.178. The van der Waals surface area contributed by atoms with Gasteiger partial charge in [0.05, 0.1) is 0 Å². The number of hydrogen-bond donors (Lipinski definition) is 6. The first-order chi connectivity index (χ1) is 24.5. The van der Waals surface area contributed by atoms with Crippen LogP contribution < -0.4 is 22.1 Å². The highest BCUT2D eigenvalue weighted by Gasteiger charge is 2.33. The number of allylic oxidation sites excluding steroid dienone is 4. The number of carbonyl (C=O) groups is 4. The summed E-state index contributed by atoms with van der Waals surface area (Å²) in [5.41, 5.74) is 15.0. The van der Waals surface area contributed by atoms with Gasteiger partial charge >= 0.3 is 0 Å². The summed E-state index contributed by atoms with van der Waals surface area (Å²) in [6.45, 7) is 6.56. The number of nitrogens with two attached hydrogens (primary N) is 2. The van der Waals surface area contributed by atoms with Crippen LogP contribution in [0, 0.1) is 28.6 Å². The Bertz CT molecular complexity index is 1310. The van der Waals surface area contributed by atoms with Crippen LogP contribution in [0.2, 0.25) is 0 Å². The van der Waals surface area contributed by atoms with E-state index in [0.29, 0.717) is 30.4 Å². The molecule has 4 amide bonds. The lowest BCUT2D eigenvalue weighted by Gasteiger charge is -2.12. The lowest BCUT2D eigenvalue weighted by molar-refractivity contribution is -0.123. The Balaban J connectivity index is 0.000000184. The lowest BCUT2D eigenvalue weighted by Crippen LogP contribution is -2.37. The molecule has 51 heavy (non-hydrogen) atoms. The van der Waals surface area contributed by atoms with Crippen LogP contribution in [0.5, 0.6) is 0 Å². The molecule has 1 aromatic rings. The van der Waals surface area contributed by atoms with Gasteiger partial charge < -0.3 is 42.7 Å². The van der Waals surface area contributed by atoms with Crippen molar-refractivity contribution in [2.45, 2.75) is 103 Å². The van der Waals surface area contributed by atoms with Crippen LogP contribution in [-0.4, -0.2) is 84.1 Å². The maximum absolute atomic E-state index is 11.3. The predicted molar refractivity (Wildman–Crippen MR) is 202 cm³/mol. The van der Waals surface area contributed by atoms with Crippen molar-refractivity contribution < 1.29 is 19.2 Å². The van der Waals surface area contributed by atoms with Crippen molar-refractivity contribution in [1.82, 2.24) is 20.4 Å². The van der Waals surface area contributed by atoms with E-state index < -0.39 is 0 Å². The Labute approximate surface area is 303 Å². The summed E-state index contributed by atoms with van der Waals surface area (Å²) < 4.78 is 0. The normalized spacial score (nSPS) is 21.5. The standard InChI is InChI=1S/C12H16N2.2C9H14N2O2.C9H16N2/c1-10(13)9-12(14)8-7-11-5-3-2-4-6-11;2*12-6-11-4-3-8(5-11)10-9(13)7-1-2-7;1-7(10)6-9(11)8-4-2-3-5-8/h2-6,9,14H,7-8,13H2,1H3;2*6-8H,1-5H2,(H,10,13);6,8,11H,2-5,10H2,1H3/b10-9-,14-12?;;;7-6-,11-9?. The summed E-state index contributed by atoms with van der Waals surface area (Å²) in [6, 6.07) is 10.6. The molecule has 12 heteroatoms. The van der Waals surface area contributed by atoms with Crippen molar-refractivity contribution in [2.24, 2.45) is 29.2 Å². The maximum Gasteiger partial charge on any atom is 0.223 e. The van der Waals surface area contributed by atoms with Crippen molar-refractivity contribution in [1.29, 1.82) is 10.8 Å². The summed E-state index contributed by atoms with van der Waals surface area (Å²) in [5, 5.41) is 21.2. The molecule has 2 unspecified atom stereocenters. The van der Waals surface area contributed by atoms with E-state index in [-0.39, 0.29) is 35.7 Å². The molecule has 5 fully saturated rings. The molecule has 0 aromatic heterocycles. The second-order valence-corrected chi connectivity index (χ2v) is 14.5. The minimum Gasteiger partial charge on any atom is -0.402 e. The fourth-order valence-electron chi connectivity index (χ4n) is 6.20. The molecule has 0 bridgehead atoms. The van der Waals surface area contributed by atoms with Crippen LogP contribution >= 0.6 is 0 Å². The quantitative estimate of drug-likeness (QED) is 0.140. The highest BCUT2D eigenvalue weighted by Crippen LogP contribution is 2.30. The molecule has 12 nitrogen and oxygen atoms in total. The first kappa shape index (κ1) is 40.9. The van der Waals surface area contributed by atoms with Gasteiger partial charge in [0.1, 0.15) is 0 Å². The Morgan fingerprint density at radius 2 is 1.20 bits per heavy atom. The molecule has 6 rings (SSSR count). The van der Waals surface area contributed by atoms with E-state index in [2.05, 4.69) is 22.8 Å². The van der Waals surface area contributed by atoms with Crippen LogP contribution in [0.15, 0.2) is 53.9 Å². The van der Waals surface area contributed by atoms with Crippen molar-refractivity contribution in [3.63, 3.8) is 0 Å². The Morgan fingerprint density at radius 1 is 0.725 bits per heavy atom. The third kappa shape index (κ3) is 16.9. The number of nitrogens with zero attached hydrogens (tertiary/aromatic N) is 2. The first-order valence-corrected chi connectivity index (χ1v) is 18.5. The topological polar surface area (TPSA) is 199 Å². The highest BCUT2D eigenvalue weighted by molar-refractivity contribution is 5.94. The zero-order valence-electron chi connectivity index (χ0n) is 30.6. The molecule has 1 aromatic carbocycles. The average molecular weight is 705 g/mol. The van der Waals surface area contributed by atoms with Crippen LogP contribution in [0.25, 0.3) is 0 Å². The second-order valence-electron chi connectivity index (χ2n) is 14.5. The second kappa shape index (κ2) is 21.7. The molecule has 2 saturated heterocycles. The molecule has 3 aliphatic carbocycles. The Kier molecular flexibility index (Phi) is 17.4. The molecule has 5 aliphatic rings. The van der Waals surface area contributed by atoms with Gasteiger partial charge in [-0.05, 0) is 95.8 Å². The van der Waals surface area contributed by atoms with Crippen LogP contribution in [0.4, 0.5) is 0 Å². The van der Waals surface area contributed by atoms with Gasteiger partial charge in [0.25, 0.3) is 0 Å². The van der Waals surface area contributed by atoms with Gasteiger partial charge in [-0.1, -0.05) is 43.2 Å². The van der Waals surface area contributed by atoms with E-state index in [0.717, 1.165) is 88.7 Å². The number of hydrogen-bond acceptors (Lipinski definition) is 8. The number of rotatable bonds is 12. The van der Waals surface area contributed by atoms with Crippen molar-refractivity contribution in [2.75, 3.05) is 26.2 Å². The first-order valence-electron chi connectivity index (χ1n) is 18.5. The van der Waals surface area contributed by atoms with Gasteiger partial charge in [-0.15, -0.1) is 0 Å². The minimum absolute atomic E-state index is 0.178. The summed E-state index contributed by atoms with van der Waals surface area (Å²) in [4.78, 5) is 46.9. The monoisotopic (exact) mass is 704 g/mol. The third-order valence-electron chi connectivity index (χ3n) is 9.43. The molecule has 2 heterocycles. The van der Waals surface area contributed by atoms with E-state index in [4.69, 9.17) is 22.3 Å². The zero-order chi connectivity index (χ0) is 37.2. The van der Waals surface area contributed by atoms with Crippen molar-refractivity contribution in [3.05, 3.63) is 59.4 Å². The van der Waals surface area contributed by atoms with E-state index >= 15 is 0 Å². The van der Waals surface area contributed by atoms with Gasteiger partial charge in [-0.25, -0.2) is 0 Å². The van der Waals surface area contributed by atoms with Gasteiger partial charge in [-0.2, -0.15) is 0 Å². The third-order valence-corrected chi connectivity index (χ3v) is 9.43. The average Bonchev–Trinajstić information content (AvgIpc) is 3.99. The highest BCUT2D eigenvalue weighted by atomic mass is 16.2. The maximum atomic E-state index is 11.3.